The van der Waals surface area contributed by atoms with Crippen molar-refractivity contribution >= 4 is 12.0 Å². The molecule has 0 bridgehead atoms. The fraction of sp³-hybridized carbons (Fsp3) is 0.600. The summed E-state index contributed by atoms with van der Waals surface area (Å²) >= 11 is 0. The summed E-state index contributed by atoms with van der Waals surface area (Å²) in [5, 5.41) is 0. The first-order valence-electron chi connectivity index (χ1n) is 9.49. The summed E-state index contributed by atoms with van der Waals surface area (Å²) in [6.45, 7) is 4.65. The van der Waals surface area contributed by atoms with Gasteiger partial charge < -0.3 is 24.0 Å². The van der Waals surface area contributed by atoms with Gasteiger partial charge in [0, 0.05) is 32.6 Å². The number of aryl methyl sites for hydroxylation is 1. The first kappa shape index (κ1) is 20.9. The van der Waals surface area contributed by atoms with E-state index >= 15 is 0 Å². The van der Waals surface area contributed by atoms with E-state index in [1.165, 1.54) is 0 Å². The van der Waals surface area contributed by atoms with Gasteiger partial charge in [-0.2, -0.15) is 0 Å². The zero-order valence-electron chi connectivity index (χ0n) is 16.5. The van der Waals surface area contributed by atoms with Crippen LogP contribution in [0.1, 0.15) is 31.7 Å². The number of hydrogen-bond acceptors (Lipinski definition) is 5. The van der Waals surface area contributed by atoms with Crippen molar-refractivity contribution in [1.82, 2.24) is 9.80 Å². The molecule has 1 aromatic rings. The number of carbonyl (C=O) groups excluding carboxylic acids is 2. The summed E-state index contributed by atoms with van der Waals surface area (Å²) in [4.78, 5) is 27.9. The van der Waals surface area contributed by atoms with Crippen LogP contribution in [0.2, 0.25) is 0 Å². The molecule has 0 aliphatic carbocycles. The van der Waals surface area contributed by atoms with Crippen molar-refractivity contribution in [1.29, 1.82) is 0 Å². The Morgan fingerprint density at radius 3 is 2.30 bits per heavy atom. The third-order valence-electron chi connectivity index (χ3n) is 4.69. The molecular weight excluding hydrogens is 348 g/mol. The lowest BCUT2D eigenvalue weighted by Crippen LogP contribution is -2.50. The molecule has 0 radical (unpaired) electrons. The SMILES string of the molecule is CCCCOC(=O)N1CCN(C(=O)CCc2ccc(OC)c(OC)c2)CC1. The third kappa shape index (κ3) is 6.05. The Kier molecular flexibility index (Phi) is 8.23. The number of benzene rings is 1. The van der Waals surface area contributed by atoms with Crippen LogP contribution in [-0.2, 0) is 16.0 Å². The summed E-state index contributed by atoms with van der Waals surface area (Å²) in [6.07, 6.45) is 2.66. The number of ether oxygens (including phenoxy) is 3. The highest BCUT2D eigenvalue weighted by molar-refractivity contribution is 5.77. The Labute approximate surface area is 161 Å². The quantitative estimate of drug-likeness (QED) is 0.651. The molecule has 1 aromatic carbocycles. The van der Waals surface area contributed by atoms with Gasteiger partial charge in [0.2, 0.25) is 5.91 Å². The van der Waals surface area contributed by atoms with Gasteiger partial charge >= 0.3 is 6.09 Å². The summed E-state index contributed by atoms with van der Waals surface area (Å²) in [7, 11) is 3.19. The predicted octanol–water partition coefficient (Wildman–Crippen LogP) is 2.72. The van der Waals surface area contributed by atoms with Gasteiger partial charge in [-0.1, -0.05) is 19.4 Å². The summed E-state index contributed by atoms with van der Waals surface area (Å²) < 4.78 is 15.8. The number of piperazine rings is 1. The minimum Gasteiger partial charge on any atom is -0.493 e. The number of rotatable bonds is 8. The average Bonchev–Trinajstić information content (AvgIpc) is 2.71. The molecule has 0 atom stereocenters. The molecule has 2 rings (SSSR count). The zero-order valence-corrected chi connectivity index (χ0v) is 16.5. The number of hydrogen-bond donors (Lipinski definition) is 0. The van der Waals surface area contributed by atoms with Crippen molar-refractivity contribution in [3.8, 4) is 11.5 Å². The number of unbranched alkanes of at least 4 members (excludes halogenated alkanes) is 1. The van der Waals surface area contributed by atoms with Gasteiger partial charge in [0.05, 0.1) is 20.8 Å². The number of amides is 2. The molecule has 1 saturated heterocycles. The smallest absolute Gasteiger partial charge is 0.409 e. The molecular formula is C20H30N2O5. The molecule has 0 aromatic heterocycles. The van der Waals surface area contributed by atoms with Crippen molar-refractivity contribution in [3.63, 3.8) is 0 Å². The minimum atomic E-state index is -0.277. The van der Waals surface area contributed by atoms with E-state index in [2.05, 4.69) is 6.92 Å². The fourth-order valence-electron chi connectivity index (χ4n) is 2.98. The van der Waals surface area contributed by atoms with Crippen LogP contribution in [0.15, 0.2) is 18.2 Å². The van der Waals surface area contributed by atoms with Crippen molar-refractivity contribution < 1.29 is 23.8 Å². The summed E-state index contributed by atoms with van der Waals surface area (Å²) in [6, 6.07) is 5.69. The monoisotopic (exact) mass is 378 g/mol. The van der Waals surface area contributed by atoms with Crippen LogP contribution in [0.25, 0.3) is 0 Å². The van der Waals surface area contributed by atoms with Crippen molar-refractivity contribution in [2.24, 2.45) is 0 Å². The molecule has 0 N–H and O–H groups in total. The minimum absolute atomic E-state index is 0.101. The van der Waals surface area contributed by atoms with Crippen LogP contribution in [0.5, 0.6) is 11.5 Å². The first-order valence-corrected chi connectivity index (χ1v) is 9.49. The number of nitrogens with zero attached hydrogens (tertiary/aromatic N) is 2. The number of carbonyl (C=O) groups is 2. The van der Waals surface area contributed by atoms with Crippen molar-refractivity contribution in [3.05, 3.63) is 23.8 Å². The van der Waals surface area contributed by atoms with Crippen LogP contribution in [0.3, 0.4) is 0 Å². The molecule has 1 heterocycles. The molecule has 150 valence electrons. The van der Waals surface area contributed by atoms with Gasteiger partial charge in [-0.15, -0.1) is 0 Å². The van der Waals surface area contributed by atoms with E-state index in [-0.39, 0.29) is 12.0 Å². The Hall–Kier alpha value is -2.44. The maximum Gasteiger partial charge on any atom is 0.409 e. The van der Waals surface area contributed by atoms with Crippen molar-refractivity contribution in [2.75, 3.05) is 47.0 Å². The van der Waals surface area contributed by atoms with E-state index in [1.54, 1.807) is 19.1 Å². The first-order chi connectivity index (χ1) is 13.1. The average molecular weight is 378 g/mol. The summed E-state index contributed by atoms with van der Waals surface area (Å²) in [5.74, 6) is 1.44. The molecule has 7 heteroatoms. The Balaban J connectivity index is 1.77. The second kappa shape index (κ2) is 10.6. The van der Waals surface area contributed by atoms with E-state index in [9.17, 15) is 9.59 Å². The summed E-state index contributed by atoms with van der Waals surface area (Å²) in [5.41, 5.74) is 1.03. The Bertz CT molecular complexity index is 627. The molecule has 0 saturated carbocycles. The third-order valence-corrected chi connectivity index (χ3v) is 4.69. The van der Waals surface area contributed by atoms with Crippen LogP contribution < -0.4 is 9.47 Å². The molecule has 1 aliphatic heterocycles. The van der Waals surface area contributed by atoms with E-state index in [0.717, 1.165) is 18.4 Å². The lowest BCUT2D eigenvalue weighted by atomic mass is 10.1. The van der Waals surface area contributed by atoms with Crippen LogP contribution >= 0.6 is 0 Å². The van der Waals surface area contributed by atoms with Crippen molar-refractivity contribution in [2.45, 2.75) is 32.6 Å². The molecule has 0 spiro atoms. The second-order valence-corrected chi connectivity index (χ2v) is 6.53. The second-order valence-electron chi connectivity index (χ2n) is 6.53. The highest BCUT2D eigenvalue weighted by atomic mass is 16.6. The maximum atomic E-state index is 12.5. The van der Waals surface area contributed by atoms with Crippen LogP contribution in [0, 0.1) is 0 Å². The van der Waals surface area contributed by atoms with Gasteiger partial charge in [0.25, 0.3) is 0 Å². The highest BCUT2D eigenvalue weighted by Crippen LogP contribution is 2.28. The van der Waals surface area contributed by atoms with E-state index < -0.39 is 0 Å². The predicted molar refractivity (Wildman–Crippen MR) is 102 cm³/mol. The molecule has 0 unspecified atom stereocenters. The molecule has 2 amide bonds. The Morgan fingerprint density at radius 1 is 1.00 bits per heavy atom. The molecule has 1 fully saturated rings. The van der Waals surface area contributed by atoms with Gasteiger partial charge in [0.1, 0.15) is 0 Å². The van der Waals surface area contributed by atoms with E-state index in [4.69, 9.17) is 14.2 Å². The van der Waals surface area contributed by atoms with Gasteiger partial charge in [-0.3, -0.25) is 4.79 Å². The Morgan fingerprint density at radius 2 is 1.67 bits per heavy atom. The van der Waals surface area contributed by atoms with Crippen LogP contribution in [-0.4, -0.2) is 68.8 Å². The zero-order chi connectivity index (χ0) is 19.6. The van der Waals surface area contributed by atoms with E-state index in [0.29, 0.717) is 57.1 Å². The fourth-order valence-corrected chi connectivity index (χ4v) is 2.98. The van der Waals surface area contributed by atoms with Crippen LogP contribution in [0.4, 0.5) is 4.79 Å². The van der Waals surface area contributed by atoms with Gasteiger partial charge in [-0.05, 0) is 30.5 Å². The standard InChI is InChI=1S/C20H30N2O5/c1-4-5-14-27-20(24)22-12-10-21(11-13-22)19(23)9-7-16-6-8-17(25-2)18(15-16)26-3/h6,8,15H,4-5,7,9-14H2,1-3H3. The van der Waals surface area contributed by atoms with Gasteiger partial charge in [-0.25, -0.2) is 4.79 Å². The largest absolute Gasteiger partial charge is 0.493 e. The topological polar surface area (TPSA) is 68.3 Å². The van der Waals surface area contributed by atoms with Gasteiger partial charge in [0.15, 0.2) is 11.5 Å². The lowest BCUT2D eigenvalue weighted by molar-refractivity contribution is -0.132. The maximum absolute atomic E-state index is 12.5. The molecule has 1 aliphatic rings. The lowest BCUT2D eigenvalue weighted by Gasteiger charge is -2.34. The molecule has 7 nitrogen and oxygen atoms in total. The number of methoxy groups -OCH3 is 2. The molecule has 27 heavy (non-hydrogen) atoms. The van der Waals surface area contributed by atoms with E-state index in [1.807, 2.05) is 23.1 Å². The normalized spacial score (nSPS) is 14.0. The highest BCUT2D eigenvalue weighted by Gasteiger charge is 2.24.